The van der Waals surface area contributed by atoms with Crippen LogP contribution in [-0.2, 0) is 0 Å². The smallest absolute Gasteiger partial charge is 0.414 e. The topological polar surface area (TPSA) is 69.2 Å². The molecule has 2 aromatic rings. The van der Waals surface area contributed by atoms with Gasteiger partial charge < -0.3 is 10.1 Å². The van der Waals surface area contributed by atoms with Crippen LogP contribution in [0.2, 0.25) is 0 Å². The van der Waals surface area contributed by atoms with Gasteiger partial charge >= 0.3 is 6.09 Å². The number of carboxylic acid groups (broad SMARTS) is 1. The number of carbonyl (C=O) groups is 1. The number of hydrogen-bond acceptors (Lipinski definition) is 2. The van der Waals surface area contributed by atoms with Crippen molar-refractivity contribution in [3.05, 3.63) is 23.8 Å². The minimum Gasteiger partial charge on any atom is -0.465 e. The minimum absolute atomic E-state index is 0.369. The quantitative estimate of drug-likeness (QED) is 0.814. The van der Waals surface area contributed by atoms with E-state index in [9.17, 15) is 4.79 Å². The van der Waals surface area contributed by atoms with Crippen LogP contribution >= 0.6 is 0 Å². The van der Waals surface area contributed by atoms with Crippen molar-refractivity contribution in [2.45, 2.75) is 13.8 Å². The summed E-state index contributed by atoms with van der Waals surface area (Å²) < 4.78 is 0. The molecule has 2 N–H and O–H groups in total. The van der Waals surface area contributed by atoms with Crippen LogP contribution in [0.3, 0.4) is 0 Å². The number of hydrogen-bond donors (Lipinski definition) is 2. The Morgan fingerprint density at radius 2 is 2.31 bits per heavy atom. The molecule has 84 valence electrons. The molecule has 0 fully saturated rings. The number of fused-ring (bicyclic) bond motifs is 1. The zero-order valence-corrected chi connectivity index (χ0v) is 9.19. The number of anilines is 1. The fourth-order valence-electron chi connectivity index (χ4n) is 1.67. The van der Waals surface area contributed by atoms with Crippen LogP contribution in [-0.4, -0.2) is 27.7 Å². The number of para-hydroxylation sites is 1. The van der Waals surface area contributed by atoms with E-state index in [2.05, 4.69) is 9.97 Å². The number of aromatic nitrogens is 2. The Labute approximate surface area is 92.7 Å². The summed E-state index contributed by atoms with van der Waals surface area (Å²) in [5, 5.41) is 8.99. The second-order valence-electron chi connectivity index (χ2n) is 3.56. The monoisotopic (exact) mass is 219 g/mol. The van der Waals surface area contributed by atoms with E-state index < -0.39 is 6.09 Å². The van der Waals surface area contributed by atoms with Crippen molar-refractivity contribution in [3.8, 4) is 0 Å². The molecule has 5 nitrogen and oxygen atoms in total. The van der Waals surface area contributed by atoms with Gasteiger partial charge in [-0.1, -0.05) is 12.1 Å². The number of aryl methyl sites for hydroxylation is 1. The first-order valence-electron chi connectivity index (χ1n) is 5.09. The molecule has 1 aromatic heterocycles. The Bertz CT molecular complexity index is 533. The second kappa shape index (κ2) is 3.84. The van der Waals surface area contributed by atoms with E-state index in [-0.39, 0.29) is 0 Å². The Balaban J connectivity index is 2.54. The SMILES string of the molecule is CCN(C(=O)O)c1nc2c(C)cccc2[nH]1. The van der Waals surface area contributed by atoms with E-state index in [4.69, 9.17) is 5.11 Å². The number of imidazole rings is 1. The van der Waals surface area contributed by atoms with E-state index in [0.29, 0.717) is 12.5 Å². The van der Waals surface area contributed by atoms with Crippen molar-refractivity contribution in [2.24, 2.45) is 0 Å². The van der Waals surface area contributed by atoms with E-state index >= 15 is 0 Å². The first-order valence-corrected chi connectivity index (χ1v) is 5.09. The molecule has 0 saturated carbocycles. The van der Waals surface area contributed by atoms with Crippen molar-refractivity contribution in [1.29, 1.82) is 0 Å². The summed E-state index contributed by atoms with van der Waals surface area (Å²) in [5.41, 5.74) is 2.70. The number of H-pyrrole nitrogens is 1. The Hall–Kier alpha value is -2.04. The molecule has 0 spiro atoms. The Kier molecular flexibility index (Phi) is 2.52. The zero-order valence-electron chi connectivity index (χ0n) is 9.19. The Morgan fingerprint density at radius 1 is 1.56 bits per heavy atom. The lowest BCUT2D eigenvalue weighted by Crippen LogP contribution is -2.29. The third-order valence-electron chi connectivity index (χ3n) is 2.50. The highest BCUT2D eigenvalue weighted by Crippen LogP contribution is 2.20. The number of benzene rings is 1. The van der Waals surface area contributed by atoms with Gasteiger partial charge in [-0.15, -0.1) is 0 Å². The van der Waals surface area contributed by atoms with Gasteiger partial charge in [0.05, 0.1) is 11.0 Å². The maximum Gasteiger partial charge on any atom is 0.414 e. The summed E-state index contributed by atoms with van der Waals surface area (Å²) in [7, 11) is 0. The fourth-order valence-corrected chi connectivity index (χ4v) is 1.67. The molecule has 1 amide bonds. The molecule has 5 heteroatoms. The number of nitrogens with one attached hydrogen (secondary N) is 1. The molecule has 0 aliphatic rings. The van der Waals surface area contributed by atoms with Crippen molar-refractivity contribution in [1.82, 2.24) is 9.97 Å². The molecule has 0 unspecified atom stereocenters. The van der Waals surface area contributed by atoms with E-state index in [0.717, 1.165) is 16.6 Å². The number of rotatable bonds is 2. The van der Waals surface area contributed by atoms with Crippen LogP contribution in [0.5, 0.6) is 0 Å². The average Bonchev–Trinajstić information content (AvgIpc) is 2.63. The standard InChI is InChI=1S/C11H13N3O2/c1-3-14(11(15)16)10-12-8-6-4-5-7(2)9(8)13-10/h4-6H,3H2,1-2H3,(H,12,13)(H,15,16). The lowest BCUT2D eigenvalue weighted by Gasteiger charge is -2.12. The lowest BCUT2D eigenvalue weighted by molar-refractivity contribution is 0.202. The normalized spacial score (nSPS) is 10.6. The van der Waals surface area contributed by atoms with Gasteiger partial charge in [0, 0.05) is 6.54 Å². The summed E-state index contributed by atoms with van der Waals surface area (Å²) in [4.78, 5) is 19.4. The van der Waals surface area contributed by atoms with Crippen molar-refractivity contribution >= 4 is 23.1 Å². The molecule has 2 rings (SSSR count). The van der Waals surface area contributed by atoms with Gasteiger partial charge in [0.1, 0.15) is 0 Å². The van der Waals surface area contributed by atoms with E-state index in [1.54, 1.807) is 6.92 Å². The predicted molar refractivity (Wildman–Crippen MR) is 61.9 cm³/mol. The highest BCUT2D eigenvalue weighted by Gasteiger charge is 2.16. The lowest BCUT2D eigenvalue weighted by atomic mass is 10.2. The van der Waals surface area contributed by atoms with Gasteiger partial charge in [-0.2, -0.15) is 0 Å². The van der Waals surface area contributed by atoms with Gasteiger partial charge in [0.25, 0.3) is 0 Å². The molecule has 0 aliphatic carbocycles. The molecule has 1 aromatic carbocycles. The largest absolute Gasteiger partial charge is 0.465 e. The average molecular weight is 219 g/mol. The van der Waals surface area contributed by atoms with Crippen LogP contribution in [0.15, 0.2) is 18.2 Å². The zero-order chi connectivity index (χ0) is 11.7. The summed E-state index contributed by atoms with van der Waals surface area (Å²) >= 11 is 0. The van der Waals surface area contributed by atoms with Crippen LogP contribution < -0.4 is 4.90 Å². The first-order chi connectivity index (χ1) is 7.63. The maximum atomic E-state index is 11.0. The third kappa shape index (κ3) is 1.60. The molecule has 0 radical (unpaired) electrons. The predicted octanol–water partition coefficient (Wildman–Crippen LogP) is 2.38. The van der Waals surface area contributed by atoms with Crippen LogP contribution in [0.1, 0.15) is 12.5 Å². The van der Waals surface area contributed by atoms with Gasteiger partial charge in [-0.3, -0.25) is 0 Å². The molecule has 0 bridgehead atoms. The maximum absolute atomic E-state index is 11.0. The summed E-state index contributed by atoms with van der Waals surface area (Å²) in [6.07, 6.45) is -1.00. The number of aromatic amines is 1. The van der Waals surface area contributed by atoms with E-state index in [1.807, 2.05) is 25.1 Å². The molecule has 0 saturated heterocycles. The second-order valence-corrected chi connectivity index (χ2v) is 3.56. The van der Waals surface area contributed by atoms with Gasteiger partial charge in [-0.05, 0) is 25.5 Å². The molecule has 0 aliphatic heterocycles. The van der Waals surface area contributed by atoms with Crippen LogP contribution in [0.4, 0.5) is 10.7 Å². The summed E-state index contributed by atoms with van der Waals surface area (Å²) in [6, 6.07) is 5.75. The van der Waals surface area contributed by atoms with Crippen LogP contribution in [0, 0.1) is 6.92 Å². The van der Waals surface area contributed by atoms with Crippen molar-refractivity contribution in [3.63, 3.8) is 0 Å². The minimum atomic E-state index is -1.00. The molecular weight excluding hydrogens is 206 g/mol. The molecular formula is C11H13N3O2. The summed E-state index contributed by atoms with van der Waals surface area (Å²) in [5.74, 6) is 0.374. The van der Waals surface area contributed by atoms with Crippen molar-refractivity contribution in [2.75, 3.05) is 11.4 Å². The molecule has 16 heavy (non-hydrogen) atoms. The molecule has 0 atom stereocenters. The molecule has 1 heterocycles. The third-order valence-corrected chi connectivity index (χ3v) is 2.50. The van der Waals surface area contributed by atoms with Gasteiger partial charge in [0.2, 0.25) is 5.95 Å². The summed E-state index contributed by atoms with van der Waals surface area (Å²) in [6.45, 7) is 4.09. The van der Waals surface area contributed by atoms with Gasteiger partial charge in [-0.25, -0.2) is 14.7 Å². The van der Waals surface area contributed by atoms with Crippen molar-refractivity contribution < 1.29 is 9.90 Å². The number of amides is 1. The Morgan fingerprint density at radius 3 is 2.88 bits per heavy atom. The van der Waals surface area contributed by atoms with Gasteiger partial charge in [0.15, 0.2) is 0 Å². The van der Waals surface area contributed by atoms with E-state index in [1.165, 1.54) is 4.90 Å². The van der Waals surface area contributed by atoms with Crippen LogP contribution in [0.25, 0.3) is 11.0 Å². The fraction of sp³-hybridized carbons (Fsp3) is 0.273. The number of nitrogens with zero attached hydrogens (tertiary/aromatic N) is 2. The highest BCUT2D eigenvalue weighted by atomic mass is 16.4. The first kappa shape index (κ1) is 10.5. The highest BCUT2D eigenvalue weighted by molar-refractivity contribution is 5.88.